The number of rotatable bonds is 2. The average Bonchev–Trinajstić information content (AvgIpc) is 2.52. The molecule has 1 N–H and O–H groups in total. The molecule has 0 spiro atoms. The summed E-state index contributed by atoms with van der Waals surface area (Å²) in [6.07, 6.45) is 1.23. The lowest BCUT2D eigenvalue weighted by Crippen LogP contribution is -2.24. The van der Waals surface area contributed by atoms with Crippen LogP contribution in [0.25, 0.3) is 0 Å². The standard InChI is InChI=1S/C13H19BrN2/c1-9-6-11(4-5-13(9)14)15-12-7-10(2)16(3)8-12/h4-6,10,12,15H,7-8H2,1-3H3. The van der Waals surface area contributed by atoms with Crippen molar-refractivity contribution in [1.82, 2.24) is 4.90 Å². The second kappa shape index (κ2) is 4.76. The first-order chi connectivity index (χ1) is 7.56. The lowest BCUT2D eigenvalue weighted by Gasteiger charge is -2.15. The molecule has 0 radical (unpaired) electrons. The molecule has 16 heavy (non-hydrogen) atoms. The molecule has 0 saturated carbocycles. The van der Waals surface area contributed by atoms with Gasteiger partial charge in [-0.05, 0) is 51.1 Å². The molecular weight excluding hydrogens is 264 g/mol. The van der Waals surface area contributed by atoms with Crippen LogP contribution >= 0.6 is 15.9 Å². The fourth-order valence-electron chi connectivity index (χ4n) is 2.27. The van der Waals surface area contributed by atoms with Crippen molar-refractivity contribution in [1.29, 1.82) is 0 Å². The highest BCUT2D eigenvalue weighted by molar-refractivity contribution is 9.10. The lowest BCUT2D eigenvalue weighted by atomic mass is 10.1. The maximum absolute atomic E-state index is 3.61. The Morgan fingerprint density at radius 3 is 2.75 bits per heavy atom. The van der Waals surface area contributed by atoms with Crippen molar-refractivity contribution in [3.8, 4) is 0 Å². The fraction of sp³-hybridized carbons (Fsp3) is 0.538. The third-order valence-corrected chi connectivity index (χ3v) is 4.30. The number of anilines is 1. The zero-order valence-corrected chi connectivity index (χ0v) is 11.7. The number of benzene rings is 1. The summed E-state index contributed by atoms with van der Waals surface area (Å²) < 4.78 is 1.18. The fourth-order valence-corrected chi connectivity index (χ4v) is 2.52. The van der Waals surface area contributed by atoms with Crippen molar-refractivity contribution in [2.24, 2.45) is 0 Å². The molecule has 2 unspecified atom stereocenters. The van der Waals surface area contributed by atoms with Crippen LogP contribution in [0.2, 0.25) is 0 Å². The van der Waals surface area contributed by atoms with Crippen LogP contribution in [0.4, 0.5) is 5.69 Å². The summed E-state index contributed by atoms with van der Waals surface area (Å²) in [5, 5.41) is 3.61. The highest BCUT2D eigenvalue weighted by atomic mass is 79.9. The SMILES string of the molecule is Cc1cc(NC2CC(C)N(C)C2)ccc1Br. The average molecular weight is 283 g/mol. The largest absolute Gasteiger partial charge is 0.381 e. The van der Waals surface area contributed by atoms with E-state index in [2.05, 4.69) is 65.2 Å². The van der Waals surface area contributed by atoms with Gasteiger partial charge < -0.3 is 10.2 Å². The van der Waals surface area contributed by atoms with Crippen LogP contribution < -0.4 is 5.32 Å². The molecule has 1 aliphatic rings. The summed E-state index contributed by atoms with van der Waals surface area (Å²) in [5.41, 5.74) is 2.51. The summed E-state index contributed by atoms with van der Waals surface area (Å²) in [7, 11) is 2.19. The number of hydrogen-bond donors (Lipinski definition) is 1. The van der Waals surface area contributed by atoms with Crippen LogP contribution in [0, 0.1) is 6.92 Å². The van der Waals surface area contributed by atoms with Crippen LogP contribution in [0.3, 0.4) is 0 Å². The molecule has 2 atom stereocenters. The van der Waals surface area contributed by atoms with Gasteiger partial charge in [-0.15, -0.1) is 0 Å². The van der Waals surface area contributed by atoms with Gasteiger partial charge in [0, 0.05) is 28.8 Å². The quantitative estimate of drug-likeness (QED) is 0.896. The highest BCUT2D eigenvalue weighted by Gasteiger charge is 2.25. The first-order valence-corrected chi connectivity index (χ1v) is 6.58. The third-order valence-electron chi connectivity index (χ3n) is 3.42. The van der Waals surface area contributed by atoms with Crippen LogP contribution in [0.5, 0.6) is 0 Å². The maximum atomic E-state index is 3.61. The summed E-state index contributed by atoms with van der Waals surface area (Å²) in [5.74, 6) is 0. The highest BCUT2D eigenvalue weighted by Crippen LogP contribution is 2.23. The van der Waals surface area contributed by atoms with Gasteiger partial charge in [-0.2, -0.15) is 0 Å². The Morgan fingerprint density at radius 1 is 1.44 bits per heavy atom. The van der Waals surface area contributed by atoms with Gasteiger partial charge in [0.05, 0.1) is 0 Å². The van der Waals surface area contributed by atoms with Gasteiger partial charge in [-0.3, -0.25) is 0 Å². The number of nitrogens with zero attached hydrogens (tertiary/aromatic N) is 1. The zero-order valence-electron chi connectivity index (χ0n) is 10.1. The van der Waals surface area contributed by atoms with Gasteiger partial charge in [-0.1, -0.05) is 15.9 Å². The predicted molar refractivity (Wildman–Crippen MR) is 73.0 cm³/mol. The maximum Gasteiger partial charge on any atom is 0.0403 e. The molecule has 0 aliphatic carbocycles. The molecule has 3 heteroatoms. The third kappa shape index (κ3) is 2.58. The minimum absolute atomic E-state index is 0.584. The summed E-state index contributed by atoms with van der Waals surface area (Å²) in [6, 6.07) is 7.72. The van der Waals surface area contributed by atoms with Gasteiger partial charge in [0.15, 0.2) is 0 Å². The Kier molecular flexibility index (Phi) is 3.55. The summed E-state index contributed by atoms with van der Waals surface area (Å²) in [6.45, 7) is 5.55. The van der Waals surface area contributed by atoms with E-state index >= 15 is 0 Å². The molecule has 1 aliphatic heterocycles. The van der Waals surface area contributed by atoms with E-state index in [1.54, 1.807) is 0 Å². The molecule has 0 amide bonds. The van der Waals surface area contributed by atoms with Gasteiger partial charge >= 0.3 is 0 Å². The van der Waals surface area contributed by atoms with E-state index in [1.165, 1.54) is 22.1 Å². The Morgan fingerprint density at radius 2 is 2.19 bits per heavy atom. The molecule has 1 aromatic rings. The van der Waals surface area contributed by atoms with Gasteiger partial charge in [0.2, 0.25) is 0 Å². The predicted octanol–water partition coefficient (Wildman–Crippen LogP) is 3.26. The Balaban J connectivity index is 2.02. The van der Waals surface area contributed by atoms with Crippen LogP contribution in [0.15, 0.2) is 22.7 Å². The van der Waals surface area contributed by atoms with E-state index in [-0.39, 0.29) is 0 Å². The Labute approximate surface area is 106 Å². The number of halogens is 1. The number of aryl methyl sites for hydroxylation is 1. The smallest absolute Gasteiger partial charge is 0.0403 e. The van der Waals surface area contributed by atoms with Crippen molar-refractivity contribution in [2.45, 2.75) is 32.4 Å². The van der Waals surface area contributed by atoms with Gasteiger partial charge in [0.1, 0.15) is 0 Å². The van der Waals surface area contributed by atoms with E-state index in [9.17, 15) is 0 Å². The van der Waals surface area contributed by atoms with Crippen molar-refractivity contribution in [2.75, 3.05) is 18.9 Å². The minimum atomic E-state index is 0.584. The van der Waals surface area contributed by atoms with Crippen molar-refractivity contribution in [3.05, 3.63) is 28.2 Å². The van der Waals surface area contributed by atoms with E-state index in [1.807, 2.05) is 0 Å². The zero-order chi connectivity index (χ0) is 11.7. The monoisotopic (exact) mass is 282 g/mol. The number of hydrogen-bond acceptors (Lipinski definition) is 2. The minimum Gasteiger partial charge on any atom is -0.381 e. The normalized spacial score (nSPS) is 26.0. The van der Waals surface area contributed by atoms with E-state index in [0.717, 1.165) is 6.54 Å². The summed E-state index contributed by atoms with van der Waals surface area (Å²) >= 11 is 3.53. The van der Waals surface area contributed by atoms with E-state index in [0.29, 0.717) is 12.1 Å². The molecular formula is C13H19BrN2. The first-order valence-electron chi connectivity index (χ1n) is 5.79. The van der Waals surface area contributed by atoms with Crippen molar-refractivity contribution >= 4 is 21.6 Å². The summed E-state index contributed by atoms with van der Waals surface area (Å²) in [4.78, 5) is 2.41. The number of likely N-dealkylation sites (tertiary alicyclic amines) is 1. The molecule has 1 heterocycles. The first kappa shape index (κ1) is 11.9. The molecule has 0 aromatic heterocycles. The Bertz CT molecular complexity index is 368. The Hall–Kier alpha value is -0.540. The molecule has 0 bridgehead atoms. The topological polar surface area (TPSA) is 15.3 Å². The van der Waals surface area contributed by atoms with Crippen molar-refractivity contribution in [3.63, 3.8) is 0 Å². The van der Waals surface area contributed by atoms with E-state index in [4.69, 9.17) is 0 Å². The van der Waals surface area contributed by atoms with Crippen LogP contribution in [-0.2, 0) is 0 Å². The molecule has 1 aromatic carbocycles. The molecule has 1 saturated heterocycles. The molecule has 88 valence electrons. The van der Waals surface area contributed by atoms with Crippen molar-refractivity contribution < 1.29 is 0 Å². The lowest BCUT2D eigenvalue weighted by molar-refractivity contribution is 0.330. The van der Waals surface area contributed by atoms with Gasteiger partial charge in [-0.25, -0.2) is 0 Å². The number of likely N-dealkylation sites (N-methyl/N-ethyl adjacent to an activating group) is 1. The molecule has 1 fully saturated rings. The molecule has 2 nitrogen and oxygen atoms in total. The second-order valence-corrected chi connectivity index (χ2v) is 5.68. The second-order valence-electron chi connectivity index (χ2n) is 4.83. The van der Waals surface area contributed by atoms with Crippen LogP contribution in [0.1, 0.15) is 18.9 Å². The van der Waals surface area contributed by atoms with E-state index < -0.39 is 0 Å². The van der Waals surface area contributed by atoms with Gasteiger partial charge in [0.25, 0.3) is 0 Å². The molecule has 2 rings (SSSR count). The van der Waals surface area contributed by atoms with Crippen LogP contribution in [-0.4, -0.2) is 30.6 Å². The number of nitrogens with one attached hydrogen (secondary N) is 1.